The van der Waals surface area contributed by atoms with Gasteiger partial charge in [0.1, 0.15) is 18.1 Å². The third-order valence-corrected chi connectivity index (χ3v) is 11.4. The minimum atomic E-state index is -5.14. The second kappa shape index (κ2) is 9.60. The second-order valence-electron chi connectivity index (χ2n) is 14.3. The molecule has 224 valence electrons. The standard InChI is InChI=1S/C29H38F3N5O4/c1-27(2)19-13-37(21(20(19)27)24(39)35-18(12-33)8-17-3-4-34-23(17)38)25(40)22(36-26(41)29(30,31)32)28-9-14-5-15(10-28)7-16(6-14)11-28/h14-22H,3-11,13H2,1-2H3,(H,34,38)(H,35,39)(H,36,41)/t14?,15?,16?,17?,18-,19-,20-,21-,22?,28?/m0/s1. The summed E-state index contributed by atoms with van der Waals surface area (Å²) in [7, 11) is 0. The molecule has 41 heavy (non-hydrogen) atoms. The van der Waals surface area contributed by atoms with Gasteiger partial charge >= 0.3 is 12.1 Å². The number of rotatable bonds is 7. The van der Waals surface area contributed by atoms with Crippen molar-refractivity contribution in [3.8, 4) is 6.07 Å². The number of hydrogen-bond donors (Lipinski definition) is 3. The lowest BCUT2D eigenvalue weighted by Crippen LogP contribution is -2.65. The van der Waals surface area contributed by atoms with E-state index in [9.17, 15) is 37.6 Å². The Hall–Kier alpha value is -2.84. The fraction of sp³-hybridized carbons (Fsp3) is 0.828. The summed E-state index contributed by atoms with van der Waals surface area (Å²) >= 11 is 0. The molecule has 7 rings (SSSR count). The van der Waals surface area contributed by atoms with E-state index < -0.39 is 53.4 Å². The van der Waals surface area contributed by atoms with E-state index in [-0.39, 0.29) is 36.1 Å². The van der Waals surface area contributed by atoms with E-state index in [0.29, 0.717) is 50.0 Å². The number of likely N-dealkylation sites (tertiary alicyclic amines) is 1. The van der Waals surface area contributed by atoms with Crippen molar-refractivity contribution in [2.75, 3.05) is 13.1 Å². The quantitative estimate of drug-likeness (QED) is 0.427. The van der Waals surface area contributed by atoms with Crippen molar-refractivity contribution in [2.45, 2.75) is 89.5 Å². The number of fused-ring (bicyclic) bond motifs is 1. The van der Waals surface area contributed by atoms with Gasteiger partial charge in [-0.05, 0) is 86.4 Å². The summed E-state index contributed by atoms with van der Waals surface area (Å²) in [5.41, 5.74) is -1.02. The molecule has 0 spiro atoms. The van der Waals surface area contributed by atoms with E-state index in [1.165, 1.54) is 4.90 Å². The Morgan fingerprint density at radius 3 is 2.22 bits per heavy atom. The van der Waals surface area contributed by atoms with Crippen LogP contribution in [0.3, 0.4) is 0 Å². The molecule has 4 amide bonds. The third kappa shape index (κ3) is 4.77. The van der Waals surface area contributed by atoms with Crippen LogP contribution in [0.2, 0.25) is 0 Å². The summed E-state index contributed by atoms with van der Waals surface area (Å²) < 4.78 is 40.5. The fourth-order valence-corrected chi connectivity index (χ4v) is 9.76. The lowest BCUT2D eigenvalue weighted by Gasteiger charge is -2.59. The Morgan fingerprint density at radius 1 is 1.10 bits per heavy atom. The molecule has 2 aliphatic heterocycles. The first kappa shape index (κ1) is 28.3. The van der Waals surface area contributed by atoms with E-state index in [1.54, 1.807) is 0 Å². The number of hydrogen-bond acceptors (Lipinski definition) is 5. The minimum Gasteiger partial charge on any atom is -0.356 e. The molecule has 7 aliphatic rings. The molecule has 5 aliphatic carbocycles. The third-order valence-electron chi connectivity index (χ3n) is 11.4. The van der Waals surface area contributed by atoms with Gasteiger partial charge in [-0.1, -0.05) is 13.8 Å². The monoisotopic (exact) mass is 577 g/mol. The van der Waals surface area contributed by atoms with Crippen LogP contribution in [0.1, 0.15) is 65.2 Å². The maximum absolute atomic E-state index is 14.3. The molecule has 0 aromatic heterocycles. The summed E-state index contributed by atoms with van der Waals surface area (Å²) in [4.78, 5) is 53.8. The van der Waals surface area contributed by atoms with E-state index in [0.717, 1.165) is 19.3 Å². The molecule has 0 aromatic carbocycles. The zero-order valence-corrected chi connectivity index (χ0v) is 23.4. The van der Waals surface area contributed by atoms with Gasteiger partial charge < -0.3 is 20.9 Å². The molecule has 12 heteroatoms. The maximum atomic E-state index is 14.3. The number of carbonyl (C=O) groups is 4. The zero-order chi connectivity index (χ0) is 29.5. The first-order valence-electron chi connectivity index (χ1n) is 14.9. The summed E-state index contributed by atoms with van der Waals surface area (Å²) in [6, 6.07) is -1.22. The predicted molar refractivity (Wildman–Crippen MR) is 138 cm³/mol. The summed E-state index contributed by atoms with van der Waals surface area (Å²) in [5.74, 6) is -3.10. The van der Waals surface area contributed by atoms with Crippen LogP contribution >= 0.6 is 0 Å². The van der Waals surface area contributed by atoms with E-state index in [2.05, 4.69) is 22.0 Å². The zero-order valence-electron chi connectivity index (χ0n) is 23.4. The number of amides is 4. The number of carbonyl (C=O) groups excluding carboxylic acids is 4. The molecular weight excluding hydrogens is 539 g/mol. The van der Waals surface area contributed by atoms with Gasteiger partial charge in [0.05, 0.1) is 6.07 Å². The van der Waals surface area contributed by atoms with Crippen LogP contribution in [0.4, 0.5) is 13.2 Å². The lowest BCUT2D eigenvalue weighted by molar-refractivity contribution is -0.179. The molecule has 2 unspecified atom stereocenters. The van der Waals surface area contributed by atoms with Gasteiger partial charge in [0.2, 0.25) is 17.7 Å². The topological polar surface area (TPSA) is 131 Å². The Balaban J connectivity index is 1.27. The van der Waals surface area contributed by atoms with Crippen molar-refractivity contribution in [3.63, 3.8) is 0 Å². The number of piperidine rings is 1. The van der Waals surface area contributed by atoms with Crippen molar-refractivity contribution in [3.05, 3.63) is 0 Å². The van der Waals surface area contributed by atoms with Crippen molar-refractivity contribution in [1.82, 2.24) is 20.9 Å². The van der Waals surface area contributed by atoms with Crippen LogP contribution in [0.25, 0.3) is 0 Å². The molecule has 2 heterocycles. The highest BCUT2D eigenvalue weighted by Crippen LogP contribution is 2.66. The molecule has 7 fully saturated rings. The molecule has 6 atom stereocenters. The van der Waals surface area contributed by atoms with Crippen LogP contribution in [0.15, 0.2) is 0 Å². The first-order chi connectivity index (χ1) is 19.2. The Morgan fingerprint density at radius 2 is 1.71 bits per heavy atom. The minimum absolute atomic E-state index is 0.0151. The van der Waals surface area contributed by atoms with Gasteiger partial charge in [-0.3, -0.25) is 19.2 Å². The van der Waals surface area contributed by atoms with Gasteiger partial charge in [0.15, 0.2) is 0 Å². The molecule has 2 saturated heterocycles. The van der Waals surface area contributed by atoms with E-state index in [4.69, 9.17) is 0 Å². The number of halogens is 3. The highest BCUT2D eigenvalue weighted by Gasteiger charge is 2.70. The largest absolute Gasteiger partial charge is 0.471 e. The van der Waals surface area contributed by atoms with Crippen LogP contribution in [0.5, 0.6) is 0 Å². The van der Waals surface area contributed by atoms with Crippen LogP contribution in [-0.4, -0.2) is 65.9 Å². The average molecular weight is 578 g/mol. The Bertz CT molecular complexity index is 1160. The van der Waals surface area contributed by atoms with Crippen molar-refractivity contribution in [1.29, 1.82) is 5.26 Å². The van der Waals surface area contributed by atoms with Gasteiger partial charge in [0, 0.05) is 24.4 Å². The smallest absolute Gasteiger partial charge is 0.356 e. The summed E-state index contributed by atoms with van der Waals surface area (Å²) in [5, 5.41) is 17.3. The molecule has 5 saturated carbocycles. The number of alkyl halides is 3. The first-order valence-corrected chi connectivity index (χ1v) is 14.9. The van der Waals surface area contributed by atoms with Gasteiger partial charge in [-0.15, -0.1) is 0 Å². The number of nitrogens with zero attached hydrogens (tertiary/aromatic N) is 2. The van der Waals surface area contributed by atoms with Gasteiger partial charge in [-0.2, -0.15) is 18.4 Å². The highest BCUT2D eigenvalue weighted by molar-refractivity contribution is 5.95. The molecule has 3 N–H and O–H groups in total. The lowest BCUT2D eigenvalue weighted by atomic mass is 9.47. The molecule has 9 nitrogen and oxygen atoms in total. The van der Waals surface area contributed by atoms with Gasteiger partial charge in [0.25, 0.3) is 0 Å². The normalized spacial score (nSPS) is 39.4. The second-order valence-corrected chi connectivity index (χ2v) is 14.3. The van der Waals surface area contributed by atoms with Crippen molar-refractivity contribution in [2.24, 2.45) is 46.3 Å². The van der Waals surface area contributed by atoms with Gasteiger partial charge in [-0.25, -0.2) is 0 Å². The van der Waals surface area contributed by atoms with Crippen molar-refractivity contribution >= 4 is 23.6 Å². The Kier molecular flexibility index (Phi) is 6.62. The summed E-state index contributed by atoms with van der Waals surface area (Å²) in [6.07, 6.45) is 0.371. The Labute approximate surface area is 237 Å². The fourth-order valence-electron chi connectivity index (χ4n) is 9.76. The van der Waals surface area contributed by atoms with Crippen molar-refractivity contribution < 1.29 is 32.3 Å². The van der Waals surface area contributed by atoms with Crippen LogP contribution in [-0.2, 0) is 19.2 Å². The van der Waals surface area contributed by atoms with E-state index in [1.807, 2.05) is 13.8 Å². The highest BCUT2D eigenvalue weighted by atomic mass is 19.4. The molecule has 4 bridgehead atoms. The number of nitriles is 1. The average Bonchev–Trinajstić information content (AvgIpc) is 3.23. The van der Waals surface area contributed by atoms with E-state index >= 15 is 0 Å². The number of nitrogens with one attached hydrogen (secondary N) is 3. The predicted octanol–water partition coefficient (Wildman–Crippen LogP) is 2.27. The molecule has 0 radical (unpaired) electrons. The molecule has 0 aromatic rings. The van der Waals surface area contributed by atoms with Crippen LogP contribution < -0.4 is 16.0 Å². The summed E-state index contributed by atoms with van der Waals surface area (Å²) in [6.45, 7) is 4.71. The molecular formula is C29H38F3N5O4. The maximum Gasteiger partial charge on any atom is 0.471 e. The SMILES string of the molecule is CC1(C)[C@@H]2[C@@H](C(=O)N[C@H](C#N)CC3CCNC3=O)N(C(=O)C(NC(=O)C(F)(F)F)C34CC5CC(CC(C5)C3)C4)C[C@@H]21. The van der Waals surface area contributed by atoms with Crippen LogP contribution in [0, 0.1) is 57.7 Å².